The second-order valence-corrected chi connectivity index (χ2v) is 2.18. The van der Waals surface area contributed by atoms with Gasteiger partial charge in [-0.05, 0) is 6.92 Å². The highest BCUT2D eigenvalue weighted by molar-refractivity contribution is 5.15. The molecule has 0 fully saturated rings. The molecule has 0 saturated carbocycles. The Balaban J connectivity index is 2.61. The van der Waals surface area contributed by atoms with E-state index in [0.29, 0.717) is 12.2 Å². The van der Waals surface area contributed by atoms with E-state index in [0.717, 1.165) is 0 Å². The highest BCUT2D eigenvalue weighted by Gasteiger charge is 2.06. The number of hydrogen-bond donors (Lipinski definition) is 0. The van der Waals surface area contributed by atoms with Crippen LogP contribution >= 0.6 is 0 Å². The molecule has 60 valence electrons. The van der Waals surface area contributed by atoms with Gasteiger partial charge in [0.05, 0.1) is 0 Å². The summed E-state index contributed by atoms with van der Waals surface area (Å²) in [7, 11) is 0. The minimum Gasteiger partial charge on any atom is -0.345 e. The van der Waals surface area contributed by atoms with Crippen molar-refractivity contribution < 1.29 is 9.13 Å². The first-order valence-corrected chi connectivity index (χ1v) is 3.65. The lowest BCUT2D eigenvalue weighted by Crippen LogP contribution is -1.96. The first-order valence-electron chi connectivity index (χ1n) is 3.65. The van der Waals surface area contributed by atoms with Crippen molar-refractivity contribution in [1.82, 2.24) is 0 Å². The maximum absolute atomic E-state index is 12.9. The van der Waals surface area contributed by atoms with E-state index in [1.54, 1.807) is 31.2 Å². The number of rotatable bonds is 3. The maximum Gasteiger partial charge on any atom is 0.225 e. The summed E-state index contributed by atoms with van der Waals surface area (Å²) in [6, 6.07) is 8.85. The third kappa shape index (κ3) is 2.31. The summed E-state index contributed by atoms with van der Waals surface area (Å²) in [6.07, 6.45) is -1.28. The number of halogens is 1. The van der Waals surface area contributed by atoms with Crippen molar-refractivity contribution >= 4 is 0 Å². The maximum atomic E-state index is 12.9. The van der Waals surface area contributed by atoms with Gasteiger partial charge >= 0.3 is 0 Å². The van der Waals surface area contributed by atoms with Crippen molar-refractivity contribution in [2.24, 2.45) is 0 Å². The third-order valence-electron chi connectivity index (χ3n) is 1.37. The molecule has 0 N–H and O–H groups in total. The number of benzene rings is 1. The van der Waals surface area contributed by atoms with E-state index >= 15 is 0 Å². The first kappa shape index (κ1) is 8.21. The van der Waals surface area contributed by atoms with Crippen molar-refractivity contribution in [1.29, 1.82) is 0 Å². The van der Waals surface area contributed by atoms with E-state index in [1.807, 2.05) is 6.07 Å². The molecule has 1 atom stereocenters. The van der Waals surface area contributed by atoms with Gasteiger partial charge in [0.15, 0.2) is 0 Å². The minimum absolute atomic E-state index is 0.399. The highest BCUT2D eigenvalue weighted by atomic mass is 19.1. The second-order valence-electron chi connectivity index (χ2n) is 2.18. The highest BCUT2D eigenvalue weighted by Crippen LogP contribution is 2.17. The Morgan fingerprint density at radius 1 is 1.36 bits per heavy atom. The Hall–Kier alpha value is -0.890. The molecule has 0 saturated heterocycles. The zero-order valence-electron chi connectivity index (χ0n) is 6.46. The lowest BCUT2D eigenvalue weighted by Gasteiger charge is -2.06. The van der Waals surface area contributed by atoms with Gasteiger partial charge in [0, 0.05) is 12.2 Å². The molecule has 0 amide bonds. The van der Waals surface area contributed by atoms with E-state index in [4.69, 9.17) is 4.74 Å². The van der Waals surface area contributed by atoms with Gasteiger partial charge in [-0.25, -0.2) is 4.39 Å². The summed E-state index contributed by atoms with van der Waals surface area (Å²) in [5.74, 6) is 0. The zero-order valence-corrected chi connectivity index (χ0v) is 6.46. The molecular weight excluding hydrogens is 143 g/mol. The fourth-order valence-electron chi connectivity index (χ4n) is 0.847. The van der Waals surface area contributed by atoms with Gasteiger partial charge in [0.1, 0.15) is 0 Å². The lowest BCUT2D eigenvalue weighted by molar-refractivity contribution is -0.0345. The van der Waals surface area contributed by atoms with Crippen LogP contribution in [-0.4, -0.2) is 6.61 Å². The third-order valence-corrected chi connectivity index (χ3v) is 1.37. The minimum atomic E-state index is -1.28. The summed E-state index contributed by atoms with van der Waals surface area (Å²) in [4.78, 5) is 0. The molecule has 0 radical (unpaired) electrons. The average molecular weight is 154 g/mol. The zero-order chi connectivity index (χ0) is 8.10. The van der Waals surface area contributed by atoms with Gasteiger partial charge in [-0.3, -0.25) is 0 Å². The fraction of sp³-hybridized carbons (Fsp3) is 0.333. The van der Waals surface area contributed by atoms with Crippen LogP contribution in [0.25, 0.3) is 0 Å². The molecule has 0 aliphatic heterocycles. The standard InChI is InChI=1S/C9H11FO/c1-2-11-9(10)8-6-4-3-5-7-8/h3-7,9H,2H2,1H3. The molecule has 2 heteroatoms. The van der Waals surface area contributed by atoms with E-state index in [2.05, 4.69) is 0 Å². The topological polar surface area (TPSA) is 9.23 Å². The number of ether oxygens (including phenoxy) is 1. The molecule has 1 aromatic carbocycles. The molecular formula is C9H11FO. The molecule has 1 nitrogen and oxygen atoms in total. The molecule has 0 aromatic heterocycles. The van der Waals surface area contributed by atoms with Gasteiger partial charge in [0.25, 0.3) is 0 Å². The van der Waals surface area contributed by atoms with Crippen LogP contribution in [0.5, 0.6) is 0 Å². The molecule has 1 unspecified atom stereocenters. The van der Waals surface area contributed by atoms with E-state index < -0.39 is 6.36 Å². The summed E-state index contributed by atoms with van der Waals surface area (Å²) >= 11 is 0. The van der Waals surface area contributed by atoms with Gasteiger partial charge in [-0.15, -0.1) is 0 Å². The summed E-state index contributed by atoms with van der Waals surface area (Å²) in [5, 5.41) is 0. The first-order chi connectivity index (χ1) is 5.34. The summed E-state index contributed by atoms with van der Waals surface area (Å²) in [5.41, 5.74) is 0.578. The molecule has 0 heterocycles. The van der Waals surface area contributed by atoms with Crippen molar-refractivity contribution in [2.45, 2.75) is 13.3 Å². The van der Waals surface area contributed by atoms with Crippen LogP contribution in [0, 0.1) is 0 Å². The smallest absolute Gasteiger partial charge is 0.225 e. The lowest BCUT2D eigenvalue weighted by atomic mass is 10.2. The van der Waals surface area contributed by atoms with E-state index in [9.17, 15) is 4.39 Å². The van der Waals surface area contributed by atoms with Crippen LogP contribution in [-0.2, 0) is 4.74 Å². The van der Waals surface area contributed by atoms with Crippen LogP contribution in [0.3, 0.4) is 0 Å². The van der Waals surface area contributed by atoms with E-state index in [1.165, 1.54) is 0 Å². The number of alkyl halides is 1. The Morgan fingerprint density at radius 3 is 2.55 bits per heavy atom. The van der Waals surface area contributed by atoms with Gasteiger partial charge < -0.3 is 4.74 Å². The van der Waals surface area contributed by atoms with E-state index in [-0.39, 0.29) is 0 Å². The van der Waals surface area contributed by atoms with Crippen LogP contribution < -0.4 is 0 Å². The van der Waals surface area contributed by atoms with Crippen molar-refractivity contribution in [3.63, 3.8) is 0 Å². The molecule has 0 spiro atoms. The van der Waals surface area contributed by atoms with Crippen LogP contribution in [0.15, 0.2) is 30.3 Å². The van der Waals surface area contributed by atoms with Crippen molar-refractivity contribution in [3.05, 3.63) is 35.9 Å². The van der Waals surface area contributed by atoms with Gasteiger partial charge in [0.2, 0.25) is 6.36 Å². The predicted octanol–water partition coefficient (Wildman–Crippen LogP) is 2.69. The summed E-state index contributed by atoms with van der Waals surface area (Å²) < 4.78 is 17.7. The Bertz CT molecular complexity index is 198. The molecule has 0 bridgehead atoms. The Kier molecular flexibility index (Phi) is 3.05. The largest absolute Gasteiger partial charge is 0.345 e. The molecule has 1 aromatic rings. The molecule has 0 aliphatic rings. The normalized spacial score (nSPS) is 12.9. The van der Waals surface area contributed by atoms with Crippen molar-refractivity contribution in [2.75, 3.05) is 6.61 Å². The number of hydrogen-bond acceptors (Lipinski definition) is 1. The fourth-order valence-corrected chi connectivity index (χ4v) is 0.847. The quantitative estimate of drug-likeness (QED) is 0.650. The predicted molar refractivity (Wildman–Crippen MR) is 41.9 cm³/mol. The van der Waals surface area contributed by atoms with Crippen molar-refractivity contribution in [3.8, 4) is 0 Å². The molecule has 1 rings (SSSR count). The monoisotopic (exact) mass is 154 g/mol. The Morgan fingerprint density at radius 2 is 2.00 bits per heavy atom. The van der Waals surface area contributed by atoms with Crippen LogP contribution in [0.2, 0.25) is 0 Å². The molecule has 11 heavy (non-hydrogen) atoms. The average Bonchev–Trinajstić information content (AvgIpc) is 2.07. The second kappa shape index (κ2) is 4.09. The Labute approximate surface area is 65.8 Å². The van der Waals surface area contributed by atoms with Crippen LogP contribution in [0.1, 0.15) is 18.8 Å². The SMILES string of the molecule is CCOC(F)c1ccccc1. The molecule has 0 aliphatic carbocycles. The van der Waals surface area contributed by atoms with Gasteiger partial charge in [-0.1, -0.05) is 30.3 Å². The summed E-state index contributed by atoms with van der Waals surface area (Å²) in [6.45, 7) is 2.17. The van der Waals surface area contributed by atoms with Crippen LogP contribution in [0.4, 0.5) is 4.39 Å². The van der Waals surface area contributed by atoms with Gasteiger partial charge in [-0.2, -0.15) is 0 Å².